The zero-order chi connectivity index (χ0) is 19.5. The van der Waals surface area contributed by atoms with Crippen molar-refractivity contribution in [1.82, 2.24) is 4.31 Å². The molecule has 8 heteroatoms. The van der Waals surface area contributed by atoms with Crippen LogP contribution in [0.15, 0.2) is 41.3 Å². The van der Waals surface area contributed by atoms with Gasteiger partial charge >= 0.3 is 0 Å². The van der Waals surface area contributed by atoms with Crippen molar-refractivity contribution in [3.63, 3.8) is 0 Å². The molecule has 1 amide bonds. The van der Waals surface area contributed by atoms with Crippen LogP contribution >= 0.6 is 23.2 Å². The van der Waals surface area contributed by atoms with E-state index in [2.05, 4.69) is 5.32 Å². The van der Waals surface area contributed by atoms with E-state index < -0.39 is 15.9 Å². The average Bonchev–Trinajstić information content (AvgIpc) is 2.58. The second kappa shape index (κ2) is 8.39. The highest BCUT2D eigenvalue weighted by atomic mass is 35.5. The molecule has 5 nitrogen and oxygen atoms in total. The summed E-state index contributed by atoms with van der Waals surface area (Å²) in [5.41, 5.74) is 2.63. The first-order valence-corrected chi connectivity index (χ1v) is 10.2. The summed E-state index contributed by atoms with van der Waals surface area (Å²) < 4.78 is 26.8. The number of anilines is 1. The van der Waals surface area contributed by atoms with E-state index >= 15 is 0 Å². The summed E-state index contributed by atoms with van der Waals surface area (Å²) in [4.78, 5) is 12.3. The molecule has 2 rings (SSSR count). The second-order valence-electron chi connectivity index (χ2n) is 5.80. The molecule has 2 aromatic rings. The predicted octanol–water partition coefficient (Wildman–Crippen LogP) is 4.26. The van der Waals surface area contributed by atoms with E-state index in [4.69, 9.17) is 23.2 Å². The maximum Gasteiger partial charge on any atom is 0.245 e. The number of halogens is 2. The molecular formula is C18H20Cl2N2O3S. The molecule has 0 radical (unpaired) electrons. The van der Waals surface area contributed by atoms with Gasteiger partial charge in [0.1, 0.15) is 4.90 Å². The van der Waals surface area contributed by atoms with Crippen LogP contribution in [0.3, 0.4) is 0 Å². The molecule has 0 atom stereocenters. The van der Waals surface area contributed by atoms with E-state index in [0.29, 0.717) is 5.69 Å². The van der Waals surface area contributed by atoms with Gasteiger partial charge in [0, 0.05) is 17.3 Å². The van der Waals surface area contributed by atoms with Crippen molar-refractivity contribution in [2.45, 2.75) is 25.7 Å². The zero-order valence-electron chi connectivity index (χ0n) is 14.7. The van der Waals surface area contributed by atoms with Crippen LogP contribution in [0, 0.1) is 13.8 Å². The van der Waals surface area contributed by atoms with Crippen molar-refractivity contribution in [3.05, 3.63) is 57.6 Å². The third kappa shape index (κ3) is 4.57. The molecule has 0 bridgehead atoms. The molecule has 0 saturated carbocycles. The van der Waals surface area contributed by atoms with Gasteiger partial charge < -0.3 is 5.32 Å². The minimum Gasteiger partial charge on any atom is -0.325 e. The smallest absolute Gasteiger partial charge is 0.245 e. The number of aryl methyl sites for hydroxylation is 1. The van der Waals surface area contributed by atoms with E-state index in [1.807, 2.05) is 26.0 Å². The van der Waals surface area contributed by atoms with Crippen molar-refractivity contribution >= 4 is 44.8 Å². The summed E-state index contributed by atoms with van der Waals surface area (Å²) in [6.45, 7) is 5.28. The first-order valence-electron chi connectivity index (χ1n) is 7.98. The number of hydrogen-bond acceptors (Lipinski definition) is 3. The lowest BCUT2D eigenvalue weighted by Gasteiger charge is -2.21. The standard InChI is InChI=1S/C18H20Cl2N2O3S/c1-4-22(26(24,25)17-10-14(19)8-9-15(17)20)11-18(23)21-16-7-5-6-12(2)13(16)3/h5-10H,4,11H2,1-3H3,(H,21,23). The molecule has 0 unspecified atom stereocenters. The van der Waals surface area contributed by atoms with E-state index in [9.17, 15) is 13.2 Å². The van der Waals surface area contributed by atoms with E-state index in [1.165, 1.54) is 18.2 Å². The van der Waals surface area contributed by atoms with E-state index in [0.717, 1.165) is 15.4 Å². The van der Waals surface area contributed by atoms with E-state index in [-0.39, 0.29) is 28.0 Å². The van der Waals surface area contributed by atoms with Gasteiger partial charge in [-0.15, -0.1) is 0 Å². The van der Waals surface area contributed by atoms with Gasteiger partial charge in [0.25, 0.3) is 0 Å². The summed E-state index contributed by atoms with van der Waals surface area (Å²) >= 11 is 11.9. The molecule has 0 aliphatic rings. The lowest BCUT2D eigenvalue weighted by atomic mass is 10.1. The van der Waals surface area contributed by atoms with Crippen LogP contribution in [0.25, 0.3) is 0 Å². The van der Waals surface area contributed by atoms with Gasteiger partial charge in [-0.05, 0) is 49.2 Å². The highest BCUT2D eigenvalue weighted by molar-refractivity contribution is 7.89. The number of nitrogens with one attached hydrogen (secondary N) is 1. The topological polar surface area (TPSA) is 66.5 Å². The number of likely N-dealkylation sites (N-methyl/N-ethyl adjacent to an activating group) is 1. The van der Waals surface area contributed by atoms with Gasteiger partial charge in [-0.25, -0.2) is 8.42 Å². The van der Waals surface area contributed by atoms with Crippen LogP contribution in [0.4, 0.5) is 5.69 Å². The van der Waals surface area contributed by atoms with Crippen molar-refractivity contribution in [3.8, 4) is 0 Å². The van der Waals surface area contributed by atoms with Crippen LogP contribution in [-0.2, 0) is 14.8 Å². The van der Waals surface area contributed by atoms with Crippen LogP contribution in [0.2, 0.25) is 10.0 Å². The van der Waals surface area contributed by atoms with Gasteiger partial charge in [-0.2, -0.15) is 4.31 Å². The third-order valence-electron chi connectivity index (χ3n) is 4.06. The zero-order valence-corrected chi connectivity index (χ0v) is 17.0. The maximum atomic E-state index is 12.8. The summed E-state index contributed by atoms with van der Waals surface area (Å²) in [7, 11) is -3.95. The fourth-order valence-electron chi connectivity index (χ4n) is 2.42. The van der Waals surface area contributed by atoms with Crippen molar-refractivity contribution < 1.29 is 13.2 Å². The van der Waals surface area contributed by atoms with Crippen molar-refractivity contribution in [1.29, 1.82) is 0 Å². The number of rotatable bonds is 6. The molecule has 0 spiro atoms. The Kier molecular flexibility index (Phi) is 6.69. The van der Waals surface area contributed by atoms with Crippen molar-refractivity contribution in [2.24, 2.45) is 0 Å². The SMILES string of the molecule is CCN(CC(=O)Nc1cccc(C)c1C)S(=O)(=O)c1cc(Cl)ccc1Cl. The molecule has 26 heavy (non-hydrogen) atoms. The molecular weight excluding hydrogens is 395 g/mol. The van der Waals surface area contributed by atoms with Crippen molar-refractivity contribution in [2.75, 3.05) is 18.4 Å². The monoisotopic (exact) mass is 414 g/mol. The summed E-state index contributed by atoms with van der Waals surface area (Å²) in [6, 6.07) is 9.75. The Balaban J connectivity index is 2.24. The summed E-state index contributed by atoms with van der Waals surface area (Å²) in [5, 5.41) is 3.07. The third-order valence-corrected chi connectivity index (χ3v) is 6.70. The highest BCUT2D eigenvalue weighted by Gasteiger charge is 2.27. The summed E-state index contributed by atoms with van der Waals surface area (Å²) in [6.07, 6.45) is 0. The van der Waals surface area contributed by atoms with Gasteiger partial charge in [-0.1, -0.05) is 42.3 Å². The molecule has 0 aliphatic carbocycles. The minimum atomic E-state index is -3.95. The Bertz CT molecular complexity index is 930. The molecule has 0 aromatic heterocycles. The van der Waals surface area contributed by atoms with Crippen LogP contribution in [0.5, 0.6) is 0 Å². The molecule has 0 saturated heterocycles. The van der Waals surface area contributed by atoms with Crippen LogP contribution < -0.4 is 5.32 Å². The molecule has 140 valence electrons. The quantitative estimate of drug-likeness (QED) is 0.767. The molecule has 0 aliphatic heterocycles. The molecule has 0 heterocycles. The Morgan fingerprint density at radius 1 is 1.15 bits per heavy atom. The Labute approximate surface area is 164 Å². The van der Waals surface area contributed by atoms with Crippen LogP contribution in [-0.4, -0.2) is 31.7 Å². The van der Waals surface area contributed by atoms with Gasteiger partial charge in [0.2, 0.25) is 15.9 Å². The second-order valence-corrected chi connectivity index (χ2v) is 8.55. The molecule has 0 fully saturated rings. The van der Waals surface area contributed by atoms with Gasteiger partial charge in [-0.3, -0.25) is 4.79 Å². The Hall–Kier alpha value is -1.60. The Morgan fingerprint density at radius 2 is 1.85 bits per heavy atom. The maximum absolute atomic E-state index is 12.8. The fourth-order valence-corrected chi connectivity index (χ4v) is 4.56. The lowest BCUT2D eigenvalue weighted by Crippen LogP contribution is -2.38. The number of hydrogen-bond donors (Lipinski definition) is 1. The van der Waals surface area contributed by atoms with Gasteiger partial charge in [0.15, 0.2) is 0 Å². The number of sulfonamides is 1. The summed E-state index contributed by atoms with van der Waals surface area (Å²) in [5.74, 6) is -0.428. The van der Waals surface area contributed by atoms with Gasteiger partial charge in [0.05, 0.1) is 11.6 Å². The largest absolute Gasteiger partial charge is 0.325 e. The highest BCUT2D eigenvalue weighted by Crippen LogP contribution is 2.27. The molecule has 2 aromatic carbocycles. The van der Waals surface area contributed by atoms with Crippen LogP contribution in [0.1, 0.15) is 18.1 Å². The first-order chi connectivity index (χ1) is 12.2. The average molecular weight is 415 g/mol. The number of nitrogens with zero attached hydrogens (tertiary/aromatic N) is 1. The Morgan fingerprint density at radius 3 is 2.50 bits per heavy atom. The lowest BCUT2D eigenvalue weighted by molar-refractivity contribution is -0.116. The molecule has 1 N–H and O–H groups in total. The minimum absolute atomic E-state index is 0.0581. The number of carbonyl (C=O) groups excluding carboxylic acids is 1. The number of amides is 1. The number of carbonyl (C=O) groups is 1. The van der Waals surface area contributed by atoms with E-state index in [1.54, 1.807) is 13.0 Å². The fraction of sp³-hybridized carbons (Fsp3) is 0.278. The predicted molar refractivity (Wildman–Crippen MR) is 105 cm³/mol. The first kappa shape index (κ1) is 20.7. The normalized spacial score (nSPS) is 11.6. The number of benzene rings is 2.